The van der Waals surface area contributed by atoms with E-state index in [0.29, 0.717) is 18.0 Å². The Morgan fingerprint density at radius 3 is 2.78 bits per heavy atom. The van der Waals surface area contributed by atoms with E-state index in [2.05, 4.69) is 20.4 Å². The number of ether oxygens (including phenoxy) is 1. The second-order valence-corrected chi connectivity index (χ2v) is 6.40. The van der Waals surface area contributed by atoms with Crippen LogP contribution in [0.1, 0.15) is 6.92 Å². The second-order valence-electron chi connectivity index (χ2n) is 4.65. The van der Waals surface area contributed by atoms with Crippen LogP contribution in [0.25, 0.3) is 0 Å². The summed E-state index contributed by atoms with van der Waals surface area (Å²) in [4.78, 5) is 12.0. The van der Waals surface area contributed by atoms with Crippen molar-refractivity contribution >= 4 is 27.4 Å². The van der Waals surface area contributed by atoms with Gasteiger partial charge in [-0.1, -0.05) is 17.3 Å². The molecule has 0 spiro atoms. The van der Waals surface area contributed by atoms with Crippen LogP contribution in [0.5, 0.6) is 5.75 Å². The Balaban J connectivity index is 2.00. The first kappa shape index (κ1) is 16.7. The number of hydrogen-bond donors (Lipinski definition) is 2. The van der Waals surface area contributed by atoms with Gasteiger partial charge in [-0.15, -0.1) is 5.10 Å². The van der Waals surface area contributed by atoms with E-state index < -0.39 is 10.0 Å². The van der Waals surface area contributed by atoms with Gasteiger partial charge < -0.3 is 10.1 Å². The number of benzene rings is 1. The minimum atomic E-state index is -3.44. The fraction of sp³-hybridized carbons (Fsp3) is 0.308. The van der Waals surface area contributed by atoms with E-state index in [-0.39, 0.29) is 18.3 Å². The minimum absolute atomic E-state index is 0.0509. The Hall–Kier alpha value is -2.62. The molecule has 0 aliphatic rings. The molecule has 0 bridgehead atoms. The van der Waals surface area contributed by atoms with Crippen LogP contribution in [0, 0.1) is 0 Å². The Morgan fingerprint density at radius 1 is 1.35 bits per heavy atom. The van der Waals surface area contributed by atoms with Gasteiger partial charge in [0.1, 0.15) is 12.3 Å². The number of carbonyl (C=O) groups is 1. The number of para-hydroxylation sites is 2. The summed E-state index contributed by atoms with van der Waals surface area (Å²) in [5.74, 6) is 0.282. The first-order valence-electron chi connectivity index (χ1n) is 6.77. The van der Waals surface area contributed by atoms with Crippen molar-refractivity contribution < 1.29 is 17.9 Å². The van der Waals surface area contributed by atoms with Crippen molar-refractivity contribution in [3.8, 4) is 5.75 Å². The summed E-state index contributed by atoms with van der Waals surface area (Å²) in [5.41, 5.74) is 0.550. The number of nitrogens with zero attached hydrogens (tertiary/aromatic N) is 3. The highest BCUT2D eigenvalue weighted by Gasteiger charge is 2.11. The molecular weight excluding hydrogens is 322 g/mol. The van der Waals surface area contributed by atoms with Crippen LogP contribution in [0.2, 0.25) is 0 Å². The van der Waals surface area contributed by atoms with Gasteiger partial charge in [-0.3, -0.25) is 9.52 Å². The number of rotatable bonds is 7. The first-order chi connectivity index (χ1) is 10.9. The largest absolute Gasteiger partial charge is 0.492 e. The van der Waals surface area contributed by atoms with E-state index in [1.54, 1.807) is 24.3 Å². The van der Waals surface area contributed by atoms with Crippen molar-refractivity contribution in [2.24, 2.45) is 0 Å². The topological polar surface area (TPSA) is 115 Å². The van der Waals surface area contributed by atoms with Crippen molar-refractivity contribution in [2.75, 3.05) is 22.9 Å². The van der Waals surface area contributed by atoms with Gasteiger partial charge in [0, 0.05) is 0 Å². The summed E-state index contributed by atoms with van der Waals surface area (Å²) < 4.78 is 31.0. The molecule has 0 aliphatic carbocycles. The molecule has 10 heteroatoms. The molecule has 9 nitrogen and oxygen atoms in total. The van der Waals surface area contributed by atoms with Crippen LogP contribution in [-0.4, -0.2) is 42.2 Å². The highest BCUT2D eigenvalue weighted by molar-refractivity contribution is 7.92. The zero-order valence-electron chi connectivity index (χ0n) is 12.7. The Labute approximate surface area is 133 Å². The summed E-state index contributed by atoms with van der Waals surface area (Å²) in [6.45, 7) is 2.22. The minimum Gasteiger partial charge on any atom is -0.492 e. The third-order valence-corrected chi connectivity index (χ3v) is 3.18. The number of amides is 1. The normalized spacial score (nSPS) is 11.0. The number of carbonyl (C=O) groups excluding carboxylic acids is 1. The molecule has 0 saturated carbocycles. The van der Waals surface area contributed by atoms with E-state index >= 15 is 0 Å². The molecule has 0 fully saturated rings. The van der Waals surface area contributed by atoms with Crippen LogP contribution in [0.15, 0.2) is 30.5 Å². The molecule has 0 aliphatic heterocycles. The quantitative estimate of drug-likeness (QED) is 0.767. The summed E-state index contributed by atoms with van der Waals surface area (Å²) in [7, 11) is -3.44. The number of sulfonamides is 1. The molecule has 1 heterocycles. The lowest BCUT2D eigenvalue weighted by Crippen LogP contribution is -2.19. The Bertz CT molecular complexity index is 787. The zero-order valence-corrected chi connectivity index (χ0v) is 13.5. The number of hydrogen-bond acceptors (Lipinski definition) is 6. The summed E-state index contributed by atoms with van der Waals surface area (Å²) in [6, 6.07) is 7.06. The number of aromatic nitrogens is 3. The molecule has 0 atom stereocenters. The van der Waals surface area contributed by atoms with Gasteiger partial charge in [-0.05, 0) is 19.1 Å². The van der Waals surface area contributed by atoms with Gasteiger partial charge in [0.05, 0.1) is 24.7 Å². The summed E-state index contributed by atoms with van der Waals surface area (Å²) in [5, 5.41) is 10.0. The van der Waals surface area contributed by atoms with Crippen molar-refractivity contribution in [3.05, 3.63) is 30.5 Å². The third-order valence-electron chi connectivity index (χ3n) is 2.60. The van der Waals surface area contributed by atoms with Crippen LogP contribution >= 0.6 is 0 Å². The molecule has 0 unspecified atom stereocenters. The van der Waals surface area contributed by atoms with Gasteiger partial charge in [-0.2, -0.15) is 0 Å². The monoisotopic (exact) mass is 339 g/mol. The molecule has 2 N–H and O–H groups in total. The van der Waals surface area contributed by atoms with E-state index in [1.165, 1.54) is 10.9 Å². The average molecular weight is 339 g/mol. The van der Waals surface area contributed by atoms with Gasteiger partial charge in [0.15, 0.2) is 5.82 Å². The molecule has 124 valence electrons. The SMILES string of the molecule is CCOc1ccccc1NC(=O)Cn1cc(NS(C)(=O)=O)nn1. The van der Waals surface area contributed by atoms with Crippen LogP contribution in [0.3, 0.4) is 0 Å². The molecular formula is C13H17N5O4S. The first-order valence-corrected chi connectivity index (χ1v) is 8.66. The van der Waals surface area contributed by atoms with E-state index in [9.17, 15) is 13.2 Å². The summed E-state index contributed by atoms with van der Waals surface area (Å²) >= 11 is 0. The summed E-state index contributed by atoms with van der Waals surface area (Å²) in [6.07, 6.45) is 2.33. The second kappa shape index (κ2) is 7.09. The maximum absolute atomic E-state index is 12.0. The molecule has 2 rings (SSSR count). The Kier molecular flexibility index (Phi) is 5.16. The van der Waals surface area contributed by atoms with Crippen molar-refractivity contribution in [1.29, 1.82) is 0 Å². The standard InChI is InChI=1S/C13H17N5O4S/c1-3-22-11-7-5-4-6-10(11)14-13(19)9-18-8-12(15-17-18)16-23(2,20)21/h4-8,16H,3,9H2,1-2H3,(H,14,19). The third kappa shape index (κ3) is 5.25. The van der Waals surface area contributed by atoms with Crippen LogP contribution < -0.4 is 14.8 Å². The van der Waals surface area contributed by atoms with Crippen LogP contribution in [-0.2, 0) is 21.4 Å². The highest BCUT2D eigenvalue weighted by atomic mass is 32.2. The smallest absolute Gasteiger partial charge is 0.246 e. The van der Waals surface area contributed by atoms with E-state index in [1.807, 2.05) is 6.92 Å². The van der Waals surface area contributed by atoms with Gasteiger partial charge >= 0.3 is 0 Å². The molecule has 1 aromatic carbocycles. The maximum atomic E-state index is 12.0. The molecule has 23 heavy (non-hydrogen) atoms. The predicted octanol–water partition coefficient (Wildman–Crippen LogP) is 0.687. The molecule has 1 amide bonds. The van der Waals surface area contributed by atoms with Gasteiger partial charge in [0.2, 0.25) is 15.9 Å². The van der Waals surface area contributed by atoms with Crippen molar-refractivity contribution in [3.63, 3.8) is 0 Å². The highest BCUT2D eigenvalue weighted by Crippen LogP contribution is 2.23. The zero-order chi connectivity index (χ0) is 16.9. The lowest BCUT2D eigenvalue weighted by molar-refractivity contribution is -0.116. The maximum Gasteiger partial charge on any atom is 0.246 e. The van der Waals surface area contributed by atoms with Crippen molar-refractivity contribution in [2.45, 2.75) is 13.5 Å². The fourth-order valence-corrected chi connectivity index (χ4v) is 2.27. The average Bonchev–Trinajstić information content (AvgIpc) is 2.86. The molecule has 1 aromatic heterocycles. The van der Waals surface area contributed by atoms with E-state index in [4.69, 9.17) is 4.74 Å². The lowest BCUT2D eigenvalue weighted by atomic mass is 10.3. The molecule has 2 aromatic rings. The van der Waals surface area contributed by atoms with E-state index in [0.717, 1.165) is 6.26 Å². The predicted molar refractivity (Wildman–Crippen MR) is 84.7 cm³/mol. The van der Waals surface area contributed by atoms with Crippen molar-refractivity contribution in [1.82, 2.24) is 15.0 Å². The number of anilines is 2. The van der Waals surface area contributed by atoms with Gasteiger partial charge in [0.25, 0.3) is 0 Å². The van der Waals surface area contributed by atoms with Crippen LogP contribution in [0.4, 0.5) is 11.5 Å². The Morgan fingerprint density at radius 2 is 2.09 bits per heavy atom. The number of nitrogens with one attached hydrogen (secondary N) is 2. The van der Waals surface area contributed by atoms with Gasteiger partial charge in [-0.25, -0.2) is 13.1 Å². The fourth-order valence-electron chi connectivity index (χ4n) is 1.80. The molecule has 0 saturated heterocycles. The lowest BCUT2D eigenvalue weighted by Gasteiger charge is -2.10. The molecule has 0 radical (unpaired) electrons.